The van der Waals surface area contributed by atoms with E-state index in [9.17, 15) is 0 Å². The zero-order chi connectivity index (χ0) is 11.7. The van der Waals surface area contributed by atoms with Gasteiger partial charge in [0.25, 0.3) is 5.89 Å². The van der Waals surface area contributed by atoms with Gasteiger partial charge in [0.1, 0.15) is 5.69 Å². The number of hydrogen-bond donors (Lipinski definition) is 1. The Morgan fingerprint density at radius 3 is 3.06 bits per heavy atom. The largest absolute Gasteiger partial charge is 0.332 e. The molecule has 90 valence electrons. The van der Waals surface area contributed by atoms with Crippen LogP contribution in [0.2, 0.25) is 0 Å². The van der Waals surface area contributed by atoms with Crippen LogP contribution in [0.3, 0.4) is 0 Å². The molecule has 0 radical (unpaired) electrons. The Labute approximate surface area is 103 Å². The second-order valence-corrected chi connectivity index (χ2v) is 5.27. The Morgan fingerprint density at radius 2 is 2.35 bits per heavy atom. The summed E-state index contributed by atoms with van der Waals surface area (Å²) >= 11 is 1.59. The van der Waals surface area contributed by atoms with E-state index in [1.54, 1.807) is 11.3 Å². The molecular formula is C11H14N4OS. The predicted molar refractivity (Wildman–Crippen MR) is 64.7 cm³/mol. The molecule has 17 heavy (non-hydrogen) atoms. The van der Waals surface area contributed by atoms with E-state index in [2.05, 4.69) is 20.4 Å². The fourth-order valence-corrected chi connectivity index (χ4v) is 2.60. The summed E-state index contributed by atoms with van der Waals surface area (Å²) in [5.74, 6) is 1.28. The monoisotopic (exact) mass is 250 g/mol. The Morgan fingerprint density at radius 1 is 1.41 bits per heavy atom. The van der Waals surface area contributed by atoms with Gasteiger partial charge in [0.2, 0.25) is 0 Å². The molecule has 5 nitrogen and oxygen atoms in total. The Balaban J connectivity index is 1.82. The first-order valence-electron chi connectivity index (χ1n) is 5.82. The zero-order valence-corrected chi connectivity index (χ0v) is 10.5. The Bertz CT molecular complexity index is 501. The SMILES string of the molecule is Cc1nc(-c2nc(C3CCCCN3)no2)cs1. The van der Waals surface area contributed by atoms with Crippen LogP contribution in [0.15, 0.2) is 9.90 Å². The molecule has 0 amide bonds. The Kier molecular flexibility index (Phi) is 2.90. The third-order valence-corrected chi connectivity index (χ3v) is 3.68. The fraction of sp³-hybridized carbons (Fsp3) is 0.545. The molecule has 0 saturated carbocycles. The molecule has 0 aromatic carbocycles. The molecule has 1 saturated heterocycles. The molecule has 1 aliphatic rings. The van der Waals surface area contributed by atoms with Gasteiger partial charge in [-0.1, -0.05) is 11.6 Å². The summed E-state index contributed by atoms with van der Waals surface area (Å²) in [5.41, 5.74) is 0.780. The topological polar surface area (TPSA) is 63.8 Å². The molecule has 1 fully saturated rings. The first kappa shape index (κ1) is 10.9. The highest BCUT2D eigenvalue weighted by Crippen LogP contribution is 2.24. The van der Waals surface area contributed by atoms with Crippen molar-refractivity contribution >= 4 is 11.3 Å². The number of aryl methyl sites for hydroxylation is 1. The molecule has 0 aliphatic carbocycles. The maximum atomic E-state index is 5.26. The summed E-state index contributed by atoms with van der Waals surface area (Å²) < 4.78 is 5.26. The van der Waals surface area contributed by atoms with Crippen molar-refractivity contribution in [3.05, 3.63) is 16.2 Å². The Hall–Kier alpha value is -1.27. The lowest BCUT2D eigenvalue weighted by molar-refractivity contribution is 0.366. The van der Waals surface area contributed by atoms with Gasteiger partial charge in [-0.05, 0) is 26.3 Å². The molecule has 3 rings (SSSR count). The summed E-state index contributed by atoms with van der Waals surface area (Å²) in [4.78, 5) is 8.76. The van der Waals surface area contributed by atoms with Gasteiger partial charge in [0.05, 0.1) is 11.0 Å². The smallest absolute Gasteiger partial charge is 0.277 e. The third-order valence-electron chi connectivity index (χ3n) is 2.90. The first-order valence-corrected chi connectivity index (χ1v) is 6.70. The summed E-state index contributed by atoms with van der Waals surface area (Å²) in [5, 5.41) is 10.4. The highest BCUT2D eigenvalue weighted by molar-refractivity contribution is 7.09. The van der Waals surface area contributed by atoms with E-state index in [4.69, 9.17) is 4.52 Å². The van der Waals surface area contributed by atoms with Crippen LogP contribution in [-0.2, 0) is 0 Å². The molecule has 6 heteroatoms. The van der Waals surface area contributed by atoms with Gasteiger partial charge in [0, 0.05) is 5.38 Å². The highest BCUT2D eigenvalue weighted by Gasteiger charge is 2.21. The second kappa shape index (κ2) is 4.54. The molecule has 1 atom stereocenters. The average molecular weight is 250 g/mol. The van der Waals surface area contributed by atoms with Crippen molar-refractivity contribution < 1.29 is 4.52 Å². The van der Waals surface area contributed by atoms with Gasteiger partial charge in [-0.25, -0.2) is 4.98 Å². The quantitative estimate of drug-likeness (QED) is 0.886. The average Bonchev–Trinajstić information content (AvgIpc) is 2.98. The molecule has 2 aromatic heterocycles. The number of rotatable bonds is 2. The van der Waals surface area contributed by atoms with E-state index in [1.807, 2.05) is 12.3 Å². The number of nitrogens with one attached hydrogen (secondary N) is 1. The second-order valence-electron chi connectivity index (χ2n) is 4.21. The van der Waals surface area contributed by atoms with Crippen LogP contribution in [0.25, 0.3) is 11.6 Å². The van der Waals surface area contributed by atoms with Crippen molar-refractivity contribution in [2.75, 3.05) is 6.54 Å². The maximum absolute atomic E-state index is 5.26. The van der Waals surface area contributed by atoms with Crippen LogP contribution >= 0.6 is 11.3 Å². The molecule has 0 spiro atoms. The van der Waals surface area contributed by atoms with E-state index >= 15 is 0 Å². The molecular weight excluding hydrogens is 236 g/mol. The van der Waals surface area contributed by atoms with E-state index in [1.165, 1.54) is 12.8 Å². The lowest BCUT2D eigenvalue weighted by Gasteiger charge is -2.19. The van der Waals surface area contributed by atoms with Crippen molar-refractivity contribution in [2.24, 2.45) is 0 Å². The van der Waals surface area contributed by atoms with E-state index in [0.29, 0.717) is 5.89 Å². The third kappa shape index (κ3) is 2.23. The minimum atomic E-state index is 0.237. The molecule has 2 aromatic rings. The van der Waals surface area contributed by atoms with E-state index < -0.39 is 0 Å². The fourth-order valence-electron chi connectivity index (χ4n) is 2.01. The van der Waals surface area contributed by atoms with Crippen LogP contribution in [0.1, 0.15) is 36.1 Å². The first-order chi connectivity index (χ1) is 8.33. The number of piperidine rings is 1. The summed E-state index contributed by atoms with van der Waals surface area (Å²) in [7, 11) is 0. The van der Waals surface area contributed by atoms with Gasteiger partial charge < -0.3 is 9.84 Å². The lowest BCUT2D eigenvalue weighted by Crippen LogP contribution is -2.27. The number of aromatic nitrogens is 3. The van der Waals surface area contributed by atoms with Crippen LogP contribution in [0, 0.1) is 6.92 Å². The van der Waals surface area contributed by atoms with Crippen LogP contribution in [-0.4, -0.2) is 21.7 Å². The summed E-state index contributed by atoms with van der Waals surface area (Å²) in [6, 6.07) is 0.237. The van der Waals surface area contributed by atoms with Crippen molar-refractivity contribution in [3.63, 3.8) is 0 Å². The minimum absolute atomic E-state index is 0.237. The van der Waals surface area contributed by atoms with Crippen molar-refractivity contribution in [2.45, 2.75) is 32.2 Å². The van der Waals surface area contributed by atoms with Crippen molar-refractivity contribution in [1.82, 2.24) is 20.4 Å². The lowest BCUT2D eigenvalue weighted by atomic mass is 10.0. The summed E-state index contributed by atoms with van der Waals surface area (Å²) in [6.07, 6.45) is 3.53. The highest BCUT2D eigenvalue weighted by atomic mass is 32.1. The van der Waals surface area contributed by atoms with Crippen LogP contribution in [0.4, 0.5) is 0 Å². The van der Waals surface area contributed by atoms with Gasteiger partial charge >= 0.3 is 0 Å². The molecule has 0 bridgehead atoms. The van der Waals surface area contributed by atoms with Crippen LogP contribution in [0.5, 0.6) is 0 Å². The van der Waals surface area contributed by atoms with Gasteiger partial charge in [-0.3, -0.25) is 0 Å². The van der Waals surface area contributed by atoms with Gasteiger partial charge in [-0.15, -0.1) is 11.3 Å². The van der Waals surface area contributed by atoms with E-state index in [0.717, 1.165) is 29.5 Å². The predicted octanol–water partition coefficient (Wildman–Crippen LogP) is 2.32. The molecule has 1 unspecified atom stereocenters. The van der Waals surface area contributed by atoms with Crippen molar-refractivity contribution in [3.8, 4) is 11.6 Å². The standard InChI is InChI=1S/C11H14N4OS/c1-7-13-9(6-17-7)11-14-10(15-16-11)8-4-2-3-5-12-8/h6,8,12H,2-5H2,1H3. The maximum Gasteiger partial charge on any atom is 0.277 e. The van der Waals surface area contributed by atoms with Gasteiger partial charge in [-0.2, -0.15) is 4.98 Å². The molecule has 1 aliphatic heterocycles. The number of nitrogens with zero attached hydrogens (tertiary/aromatic N) is 3. The minimum Gasteiger partial charge on any atom is -0.332 e. The normalized spacial score (nSPS) is 20.6. The van der Waals surface area contributed by atoms with Crippen molar-refractivity contribution in [1.29, 1.82) is 0 Å². The number of hydrogen-bond acceptors (Lipinski definition) is 6. The van der Waals surface area contributed by atoms with E-state index in [-0.39, 0.29) is 6.04 Å². The molecule has 1 N–H and O–H groups in total. The molecule has 3 heterocycles. The van der Waals surface area contributed by atoms with Crippen LogP contribution < -0.4 is 5.32 Å². The van der Waals surface area contributed by atoms with Gasteiger partial charge in [0.15, 0.2) is 5.82 Å². The summed E-state index contributed by atoms with van der Waals surface area (Å²) in [6.45, 7) is 3.00. The number of thiazole rings is 1. The zero-order valence-electron chi connectivity index (χ0n) is 9.64.